The van der Waals surface area contributed by atoms with Gasteiger partial charge in [0.2, 0.25) is 0 Å². The van der Waals surface area contributed by atoms with Crippen molar-refractivity contribution in [3.8, 4) is 5.82 Å². The van der Waals surface area contributed by atoms with Crippen molar-refractivity contribution in [2.45, 2.75) is 19.8 Å². The van der Waals surface area contributed by atoms with E-state index < -0.39 is 0 Å². The van der Waals surface area contributed by atoms with Gasteiger partial charge in [0.25, 0.3) is 0 Å². The van der Waals surface area contributed by atoms with Crippen molar-refractivity contribution in [2.75, 3.05) is 5.73 Å². The number of hydrogen-bond acceptors (Lipinski definition) is 4. The van der Waals surface area contributed by atoms with E-state index in [4.69, 9.17) is 17.3 Å². The van der Waals surface area contributed by atoms with Gasteiger partial charge in [0, 0.05) is 12.3 Å². The van der Waals surface area contributed by atoms with Crippen LogP contribution >= 0.6 is 11.6 Å². The van der Waals surface area contributed by atoms with Gasteiger partial charge in [-0.1, -0.05) is 25.4 Å². The highest BCUT2D eigenvalue weighted by molar-refractivity contribution is 6.33. The topological polar surface area (TPSA) is 69.6 Å². The van der Waals surface area contributed by atoms with Crippen molar-refractivity contribution < 1.29 is 0 Å². The van der Waals surface area contributed by atoms with Crippen LogP contribution in [0.25, 0.3) is 5.82 Å². The SMILES string of the molecule is CC(C)c1nn(-c2ccncn2)c(N)c1Cl. The molecule has 0 saturated carbocycles. The van der Waals surface area contributed by atoms with Gasteiger partial charge in [-0.05, 0) is 5.92 Å². The average Bonchev–Trinajstić information content (AvgIpc) is 2.58. The fraction of sp³-hybridized carbons (Fsp3) is 0.300. The molecule has 84 valence electrons. The van der Waals surface area contributed by atoms with Gasteiger partial charge in [0.1, 0.15) is 17.2 Å². The van der Waals surface area contributed by atoms with Crippen LogP contribution in [0.5, 0.6) is 0 Å². The molecular formula is C10H12ClN5. The highest BCUT2D eigenvalue weighted by Crippen LogP contribution is 2.29. The molecule has 0 aliphatic carbocycles. The van der Waals surface area contributed by atoms with Crippen LogP contribution in [0.4, 0.5) is 5.82 Å². The van der Waals surface area contributed by atoms with Gasteiger partial charge in [-0.3, -0.25) is 0 Å². The summed E-state index contributed by atoms with van der Waals surface area (Å²) in [6.45, 7) is 4.02. The predicted molar refractivity (Wildman–Crippen MR) is 62.7 cm³/mol. The van der Waals surface area contributed by atoms with Gasteiger partial charge in [-0.15, -0.1) is 0 Å². The third-order valence-corrected chi connectivity index (χ3v) is 2.60. The maximum Gasteiger partial charge on any atom is 0.159 e. The molecule has 0 amide bonds. The van der Waals surface area contributed by atoms with Crippen LogP contribution in [0.15, 0.2) is 18.6 Å². The molecule has 0 atom stereocenters. The van der Waals surface area contributed by atoms with Crippen LogP contribution < -0.4 is 5.73 Å². The number of nitrogens with zero attached hydrogens (tertiary/aromatic N) is 4. The van der Waals surface area contributed by atoms with E-state index in [9.17, 15) is 0 Å². The van der Waals surface area contributed by atoms with E-state index in [2.05, 4.69) is 15.1 Å². The Hall–Kier alpha value is -1.62. The molecule has 0 aromatic carbocycles. The van der Waals surface area contributed by atoms with Gasteiger partial charge >= 0.3 is 0 Å². The minimum atomic E-state index is 0.220. The first-order valence-electron chi connectivity index (χ1n) is 4.91. The standard InChI is InChI=1S/C10H12ClN5/c1-6(2)9-8(11)10(12)16(15-9)7-3-4-13-5-14-7/h3-6H,12H2,1-2H3. The first-order valence-corrected chi connectivity index (χ1v) is 5.29. The van der Waals surface area contributed by atoms with Crippen molar-refractivity contribution in [3.05, 3.63) is 29.3 Å². The van der Waals surface area contributed by atoms with Crippen molar-refractivity contribution in [2.24, 2.45) is 0 Å². The van der Waals surface area contributed by atoms with E-state index in [0.717, 1.165) is 5.69 Å². The highest BCUT2D eigenvalue weighted by Gasteiger charge is 2.17. The van der Waals surface area contributed by atoms with Gasteiger partial charge in [0.15, 0.2) is 5.82 Å². The van der Waals surface area contributed by atoms with Crippen LogP contribution in [-0.2, 0) is 0 Å². The molecule has 2 heterocycles. The van der Waals surface area contributed by atoms with Crippen molar-refractivity contribution in [1.29, 1.82) is 0 Å². The molecule has 0 aliphatic rings. The molecule has 2 aromatic heterocycles. The summed E-state index contributed by atoms with van der Waals surface area (Å²) in [5.74, 6) is 1.24. The molecule has 2 aromatic rings. The van der Waals surface area contributed by atoms with E-state index in [-0.39, 0.29) is 5.92 Å². The van der Waals surface area contributed by atoms with Gasteiger partial charge in [-0.2, -0.15) is 9.78 Å². The molecule has 5 nitrogen and oxygen atoms in total. The second-order valence-electron chi connectivity index (χ2n) is 3.72. The third kappa shape index (κ3) is 1.74. The average molecular weight is 238 g/mol. The quantitative estimate of drug-likeness (QED) is 0.868. The lowest BCUT2D eigenvalue weighted by Crippen LogP contribution is -2.04. The molecule has 0 unspecified atom stereocenters. The Balaban J connectivity index is 2.55. The summed E-state index contributed by atoms with van der Waals surface area (Å²) >= 11 is 6.11. The van der Waals surface area contributed by atoms with Crippen LogP contribution in [0.3, 0.4) is 0 Å². The van der Waals surface area contributed by atoms with E-state index in [1.807, 2.05) is 13.8 Å². The summed E-state index contributed by atoms with van der Waals surface area (Å²) in [5.41, 5.74) is 6.66. The fourth-order valence-electron chi connectivity index (χ4n) is 1.38. The smallest absolute Gasteiger partial charge is 0.159 e. The minimum absolute atomic E-state index is 0.220. The van der Waals surface area contributed by atoms with E-state index >= 15 is 0 Å². The van der Waals surface area contributed by atoms with Gasteiger partial charge in [0.05, 0.1) is 5.69 Å². The summed E-state index contributed by atoms with van der Waals surface area (Å²) < 4.78 is 1.53. The van der Waals surface area contributed by atoms with Gasteiger partial charge < -0.3 is 5.73 Å². The Labute approximate surface area is 98.3 Å². The van der Waals surface area contributed by atoms with Gasteiger partial charge in [-0.25, -0.2) is 9.97 Å². The molecule has 2 N–H and O–H groups in total. The Morgan fingerprint density at radius 2 is 2.19 bits per heavy atom. The first kappa shape index (κ1) is 10.9. The van der Waals surface area contributed by atoms with Crippen LogP contribution in [0.1, 0.15) is 25.5 Å². The third-order valence-electron chi connectivity index (χ3n) is 2.22. The number of nitrogens with two attached hydrogens (primary N) is 1. The zero-order chi connectivity index (χ0) is 11.7. The maximum atomic E-state index is 6.11. The Morgan fingerprint density at radius 3 is 2.69 bits per heavy atom. The molecule has 0 bridgehead atoms. The summed E-state index contributed by atoms with van der Waals surface area (Å²) in [7, 11) is 0. The van der Waals surface area contributed by atoms with E-state index in [1.54, 1.807) is 12.3 Å². The fourth-order valence-corrected chi connectivity index (χ4v) is 1.72. The number of halogens is 1. The Morgan fingerprint density at radius 1 is 1.44 bits per heavy atom. The monoisotopic (exact) mass is 237 g/mol. The van der Waals surface area contributed by atoms with Crippen LogP contribution in [0.2, 0.25) is 5.02 Å². The molecule has 0 spiro atoms. The second-order valence-corrected chi connectivity index (χ2v) is 4.10. The zero-order valence-electron chi connectivity index (χ0n) is 9.05. The number of rotatable bonds is 2. The van der Waals surface area contributed by atoms with Crippen molar-refractivity contribution in [1.82, 2.24) is 19.7 Å². The number of aromatic nitrogens is 4. The molecular weight excluding hydrogens is 226 g/mol. The largest absolute Gasteiger partial charge is 0.382 e. The zero-order valence-corrected chi connectivity index (χ0v) is 9.81. The molecule has 6 heteroatoms. The predicted octanol–water partition coefficient (Wildman–Crippen LogP) is 2.02. The highest BCUT2D eigenvalue weighted by atomic mass is 35.5. The van der Waals surface area contributed by atoms with E-state index in [1.165, 1.54) is 11.0 Å². The second kappa shape index (κ2) is 4.09. The normalized spacial score (nSPS) is 11.0. The summed E-state index contributed by atoms with van der Waals surface area (Å²) in [4.78, 5) is 7.91. The lowest BCUT2D eigenvalue weighted by atomic mass is 10.1. The molecule has 0 aliphatic heterocycles. The van der Waals surface area contributed by atoms with Crippen molar-refractivity contribution >= 4 is 17.4 Å². The lowest BCUT2D eigenvalue weighted by molar-refractivity contribution is 0.759. The molecule has 16 heavy (non-hydrogen) atoms. The summed E-state index contributed by atoms with van der Waals surface area (Å²) in [6.07, 6.45) is 3.08. The van der Waals surface area contributed by atoms with E-state index in [0.29, 0.717) is 16.7 Å². The molecule has 2 rings (SSSR count). The molecule has 0 fully saturated rings. The first-order chi connectivity index (χ1) is 7.61. The van der Waals surface area contributed by atoms with Crippen LogP contribution in [0, 0.1) is 0 Å². The minimum Gasteiger partial charge on any atom is -0.382 e. The van der Waals surface area contributed by atoms with Crippen molar-refractivity contribution in [3.63, 3.8) is 0 Å². The van der Waals surface area contributed by atoms with Crippen LogP contribution in [-0.4, -0.2) is 19.7 Å². The lowest BCUT2D eigenvalue weighted by Gasteiger charge is -2.01. The summed E-state index contributed by atoms with van der Waals surface area (Å²) in [5, 5.41) is 4.84. The number of nitrogen functional groups attached to an aromatic ring is 1. The Kier molecular flexibility index (Phi) is 2.78. The summed E-state index contributed by atoms with van der Waals surface area (Å²) in [6, 6.07) is 1.73. The maximum absolute atomic E-state index is 6.11. The number of hydrogen-bond donors (Lipinski definition) is 1. The molecule has 0 radical (unpaired) electrons. The Bertz CT molecular complexity index is 491. The molecule has 0 saturated heterocycles. The number of anilines is 1.